The van der Waals surface area contributed by atoms with E-state index in [4.69, 9.17) is 4.74 Å². The van der Waals surface area contributed by atoms with Gasteiger partial charge in [-0.15, -0.1) is 12.4 Å². The third kappa shape index (κ3) is 3.57. The number of piperazine rings is 1. The summed E-state index contributed by atoms with van der Waals surface area (Å²) < 4.78 is 18.5. The molecule has 0 spiro atoms. The van der Waals surface area contributed by atoms with Gasteiger partial charge in [0.1, 0.15) is 0 Å². The molecule has 18 heavy (non-hydrogen) atoms. The van der Waals surface area contributed by atoms with Gasteiger partial charge in [0.25, 0.3) is 0 Å². The average Bonchev–Trinajstić information content (AvgIpc) is 2.32. The first-order valence-electron chi connectivity index (χ1n) is 5.98. The van der Waals surface area contributed by atoms with Gasteiger partial charge in [0, 0.05) is 32.2 Å². The van der Waals surface area contributed by atoms with Gasteiger partial charge in [-0.25, -0.2) is 4.39 Å². The van der Waals surface area contributed by atoms with Gasteiger partial charge < -0.3 is 10.1 Å². The Bertz CT molecular complexity index is 389. The summed E-state index contributed by atoms with van der Waals surface area (Å²) in [5, 5.41) is 3.34. The van der Waals surface area contributed by atoms with Crippen LogP contribution in [0.2, 0.25) is 0 Å². The average molecular weight is 275 g/mol. The first kappa shape index (κ1) is 15.2. The molecule has 3 nitrogen and oxygen atoms in total. The van der Waals surface area contributed by atoms with E-state index in [0.29, 0.717) is 11.8 Å². The number of hydrogen-bond acceptors (Lipinski definition) is 3. The molecule has 1 heterocycles. The largest absolute Gasteiger partial charge is 0.494 e. The summed E-state index contributed by atoms with van der Waals surface area (Å²) in [4.78, 5) is 2.36. The third-order valence-electron chi connectivity index (χ3n) is 3.24. The first-order chi connectivity index (χ1) is 8.20. The molecule has 0 amide bonds. The van der Waals surface area contributed by atoms with Crippen molar-refractivity contribution < 1.29 is 9.13 Å². The molecule has 0 saturated carbocycles. The van der Waals surface area contributed by atoms with Crippen LogP contribution in [-0.4, -0.2) is 37.7 Å². The predicted molar refractivity (Wildman–Crippen MR) is 72.9 cm³/mol. The molecule has 1 aromatic carbocycles. The van der Waals surface area contributed by atoms with Crippen LogP contribution in [0.4, 0.5) is 4.39 Å². The Balaban J connectivity index is 0.00000162. The van der Waals surface area contributed by atoms with Gasteiger partial charge in [0.15, 0.2) is 11.6 Å². The van der Waals surface area contributed by atoms with E-state index < -0.39 is 0 Å². The molecule has 1 aliphatic rings. The summed E-state index contributed by atoms with van der Waals surface area (Å²) in [7, 11) is 1.48. The van der Waals surface area contributed by atoms with E-state index in [9.17, 15) is 4.39 Å². The van der Waals surface area contributed by atoms with Gasteiger partial charge >= 0.3 is 0 Å². The standard InChI is InChI=1S/C13H19FN2O.ClH/c1-10-8-15-5-6-16(10)9-11-3-4-13(17-2)12(14)7-11;/h3-4,7,10,15H,5-6,8-9H2,1-2H3;1H/t10-;/m1./s1. The molecule has 102 valence electrons. The van der Waals surface area contributed by atoms with Gasteiger partial charge in [0.2, 0.25) is 0 Å². The van der Waals surface area contributed by atoms with Crippen LogP contribution in [0.15, 0.2) is 18.2 Å². The van der Waals surface area contributed by atoms with E-state index in [1.165, 1.54) is 7.11 Å². The monoisotopic (exact) mass is 274 g/mol. The number of halogens is 2. The maximum atomic E-state index is 13.5. The van der Waals surface area contributed by atoms with E-state index in [1.807, 2.05) is 6.07 Å². The Morgan fingerprint density at radius 1 is 1.50 bits per heavy atom. The van der Waals surface area contributed by atoms with Gasteiger partial charge in [-0.1, -0.05) is 6.07 Å². The summed E-state index contributed by atoms with van der Waals surface area (Å²) >= 11 is 0. The number of benzene rings is 1. The molecular formula is C13H20ClFN2O. The maximum Gasteiger partial charge on any atom is 0.165 e. The molecule has 0 radical (unpaired) electrons. The molecule has 1 aliphatic heterocycles. The number of hydrogen-bond donors (Lipinski definition) is 1. The van der Waals surface area contributed by atoms with Crippen molar-refractivity contribution in [1.82, 2.24) is 10.2 Å². The Morgan fingerprint density at radius 3 is 2.89 bits per heavy atom. The highest BCUT2D eigenvalue weighted by Crippen LogP contribution is 2.19. The molecule has 0 bridgehead atoms. The molecule has 0 aromatic heterocycles. The lowest BCUT2D eigenvalue weighted by molar-refractivity contribution is 0.165. The van der Waals surface area contributed by atoms with Crippen molar-refractivity contribution >= 4 is 12.4 Å². The van der Waals surface area contributed by atoms with Crippen LogP contribution >= 0.6 is 12.4 Å². The Morgan fingerprint density at radius 2 is 2.28 bits per heavy atom. The smallest absolute Gasteiger partial charge is 0.165 e. The lowest BCUT2D eigenvalue weighted by Crippen LogP contribution is -2.49. The van der Waals surface area contributed by atoms with E-state index in [-0.39, 0.29) is 18.2 Å². The third-order valence-corrected chi connectivity index (χ3v) is 3.24. The molecule has 2 rings (SSSR count). The summed E-state index contributed by atoms with van der Waals surface area (Å²) in [6.45, 7) is 5.99. The van der Waals surface area contributed by atoms with Crippen LogP contribution < -0.4 is 10.1 Å². The van der Waals surface area contributed by atoms with Crippen molar-refractivity contribution in [2.24, 2.45) is 0 Å². The van der Waals surface area contributed by atoms with E-state index >= 15 is 0 Å². The van der Waals surface area contributed by atoms with E-state index in [1.54, 1.807) is 12.1 Å². The van der Waals surface area contributed by atoms with Crippen molar-refractivity contribution in [2.45, 2.75) is 19.5 Å². The predicted octanol–water partition coefficient (Wildman–Crippen LogP) is 2.05. The van der Waals surface area contributed by atoms with Gasteiger partial charge in [0.05, 0.1) is 7.11 Å². The second kappa shape index (κ2) is 6.92. The molecule has 1 atom stereocenters. The minimum absolute atomic E-state index is 0. The molecule has 5 heteroatoms. The second-order valence-corrected chi connectivity index (χ2v) is 4.49. The Labute approximate surface area is 114 Å². The SMILES string of the molecule is COc1ccc(CN2CCNC[C@H]2C)cc1F.Cl. The molecule has 1 aromatic rings. The summed E-state index contributed by atoms with van der Waals surface area (Å²) in [6.07, 6.45) is 0. The minimum Gasteiger partial charge on any atom is -0.494 e. The summed E-state index contributed by atoms with van der Waals surface area (Å²) in [6, 6.07) is 5.68. The summed E-state index contributed by atoms with van der Waals surface area (Å²) in [5.41, 5.74) is 0.997. The summed E-state index contributed by atoms with van der Waals surface area (Å²) in [5.74, 6) is 0.0231. The first-order valence-corrected chi connectivity index (χ1v) is 5.98. The fraction of sp³-hybridized carbons (Fsp3) is 0.538. The zero-order valence-electron chi connectivity index (χ0n) is 10.8. The minimum atomic E-state index is -0.284. The number of nitrogens with zero attached hydrogens (tertiary/aromatic N) is 1. The maximum absolute atomic E-state index is 13.5. The zero-order chi connectivity index (χ0) is 12.3. The topological polar surface area (TPSA) is 24.5 Å². The lowest BCUT2D eigenvalue weighted by Gasteiger charge is -2.33. The molecular weight excluding hydrogens is 255 g/mol. The zero-order valence-corrected chi connectivity index (χ0v) is 11.6. The fourth-order valence-corrected chi connectivity index (χ4v) is 2.16. The van der Waals surface area contributed by atoms with E-state index in [0.717, 1.165) is 31.7 Å². The van der Waals surface area contributed by atoms with Gasteiger partial charge in [-0.05, 0) is 24.6 Å². The highest BCUT2D eigenvalue weighted by Gasteiger charge is 2.18. The molecule has 0 unspecified atom stereocenters. The van der Waals surface area contributed by atoms with Crippen molar-refractivity contribution in [3.8, 4) is 5.75 Å². The number of methoxy groups -OCH3 is 1. The molecule has 1 saturated heterocycles. The van der Waals surface area contributed by atoms with Crippen LogP contribution in [0.25, 0.3) is 0 Å². The Kier molecular flexibility index (Phi) is 5.85. The number of nitrogens with one attached hydrogen (secondary N) is 1. The van der Waals surface area contributed by atoms with Crippen molar-refractivity contribution in [1.29, 1.82) is 0 Å². The van der Waals surface area contributed by atoms with Gasteiger partial charge in [-0.3, -0.25) is 4.90 Å². The van der Waals surface area contributed by atoms with Crippen LogP contribution in [0, 0.1) is 5.82 Å². The molecule has 0 aliphatic carbocycles. The second-order valence-electron chi connectivity index (χ2n) is 4.49. The lowest BCUT2D eigenvalue weighted by atomic mass is 10.1. The van der Waals surface area contributed by atoms with Crippen molar-refractivity contribution in [3.63, 3.8) is 0 Å². The van der Waals surface area contributed by atoms with Crippen LogP contribution in [0.1, 0.15) is 12.5 Å². The normalized spacial score (nSPS) is 20.3. The number of rotatable bonds is 3. The molecule has 1 fully saturated rings. The highest BCUT2D eigenvalue weighted by atomic mass is 35.5. The van der Waals surface area contributed by atoms with E-state index in [2.05, 4.69) is 17.1 Å². The van der Waals surface area contributed by atoms with Crippen molar-refractivity contribution in [3.05, 3.63) is 29.6 Å². The Hall–Kier alpha value is -0.840. The molecule has 1 N–H and O–H groups in total. The highest BCUT2D eigenvalue weighted by molar-refractivity contribution is 5.85. The fourth-order valence-electron chi connectivity index (χ4n) is 2.16. The van der Waals surface area contributed by atoms with Crippen molar-refractivity contribution in [2.75, 3.05) is 26.7 Å². The number of ether oxygens (including phenoxy) is 1. The van der Waals surface area contributed by atoms with Crippen LogP contribution in [-0.2, 0) is 6.54 Å². The quantitative estimate of drug-likeness (QED) is 0.913. The van der Waals surface area contributed by atoms with Crippen LogP contribution in [0.3, 0.4) is 0 Å². The van der Waals surface area contributed by atoms with Gasteiger partial charge in [-0.2, -0.15) is 0 Å². The van der Waals surface area contributed by atoms with Crippen LogP contribution in [0.5, 0.6) is 5.75 Å².